The summed E-state index contributed by atoms with van der Waals surface area (Å²) < 4.78 is 21.1. The van der Waals surface area contributed by atoms with E-state index < -0.39 is 46.8 Å². The highest BCUT2D eigenvalue weighted by atomic mass is 79.9. The average Bonchev–Trinajstić information content (AvgIpc) is 3.58. The first kappa shape index (κ1) is 30.8. The third-order valence-electron chi connectivity index (χ3n) is 5.53. The van der Waals surface area contributed by atoms with Crippen molar-refractivity contribution in [3.05, 3.63) is 20.2 Å². The molecule has 4 saturated heterocycles. The largest absolute Gasteiger partial charge is 0.388 e. The number of carbonyl (C=O) groups is 2. The molecule has 0 aromatic heterocycles. The first-order valence-electron chi connectivity index (χ1n) is 11.2. The lowest BCUT2D eigenvalue weighted by Crippen LogP contribution is -2.43. The fourth-order valence-corrected chi connectivity index (χ4v) is 4.36. The lowest BCUT2D eigenvalue weighted by molar-refractivity contribution is -0.769. The molecule has 8 atom stereocenters. The monoisotopic (exact) mass is 603 g/mol. The Morgan fingerprint density at radius 2 is 1.51 bits per heavy atom. The highest BCUT2D eigenvalue weighted by Crippen LogP contribution is 2.29. The number of ether oxygens (including phenoxy) is 4. The minimum Gasteiger partial charge on any atom is -0.388 e. The van der Waals surface area contributed by atoms with Crippen molar-refractivity contribution in [3.8, 4) is 0 Å². The molecular weight excluding hydrogens is 574 g/mol. The van der Waals surface area contributed by atoms with Gasteiger partial charge in [-0.15, -0.1) is 20.2 Å². The summed E-state index contributed by atoms with van der Waals surface area (Å²) in [5.74, 6) is -0.258. The van der Waals surface area contributed by atoms with E-state index >= 15 is 0 Å². The van der Waals surface area contributed by atoms with Crippen LogP contribution >= 0.6 is 15.9 Å². The van der Waals surface area contributed by atoms with Crippen molar-refractivity contribution >= 4 is 28.2 Å². The van der Waals surface area contributed by atoms with E-state index in [1.54, 1.807) is 0 Å². The molecule has 5 N–H and O–H groups in total. The molecule has 0 bridgehead atoms. The number of nitrogens with one attached hydrogen (secondary N) is 2. The van der Waals surface area contributed by atoms with Crippen LogP contribution in [-0.2, 0) is 38.2 Å². The predicted octanol–water partition coefficient (Wildman–Crippen LogP) is -2.96. The summed E-state index contributed by atoms with van der Waals surface area (Å²) in [6.07, 6.45) is -2.67. The molecule has 212 valence electrons. The molecule has 4 aliphatic heterocycles. The number of hydrogen-bond donors (Lipinski definition) is 4. The molecule has 0 saturated carbocycles. The van der Waals surface area contributed by atoms with Crippen LogP contribution in [0, 0.1) is 20.2 Å². The van der Waals surface area contributed by atoms with Crippen molar-refractivity contribution < 1.29 is 53.5 Å². The van der Waals surface area contributed by atoms with Gasteiger partial charge in [-0.2, -0.15) is 0 Å². The summed E-state index contributed by atoms with van der Waals surface area (Å²) in [6, 6.07) is -0.0381. The van der Waals surface area contributed by atoms with E-state index in [1.165, 1.54) is 0 Å². The van der Waals surface area contributed by atoms with Gasteiger partial charge >= 0.3 is 0 Å². The van der Waals surface area contributed by atoms with Crippen LogP contribution in [0.15, 0.2) is 0 Å². The van der Waals surface area contributed by atoms with Gasteiger partial charge in [-0.25, -0.2) is 0 Å². The number of primary amides is 1. The van der Waals surface area contributed by atoms with E-state index in [2.05, 4.69) is 36.2 Å². The van der Waals surface area contributed by atoms with Crippen molar-refractivity contribution in [1.29, 1.82) is 0 Å². The number of halogens is 1. The number of nitrogens with two attached hydrogens (primary N) is 1. The maximum atomic E-state index is 10.3. The van der Waals surface area contributed by atoms with Gasteiger partial charge in [0.1, 0.15) is 30.5 Å². The number of nitrogens with zero attached hydrogens (tertiary/aromatic N) is 2. The standard InChI is InChI=1S/C9H15N3O6.C6H9NO6.C3H6BrNO/c13-5-10-1-2-11-6-3-16-9-7(18-12(14)15)4-17-8(6)9;8-3-1-11-6-4(13-7(9)10)2-12-5(3)6;4-2-1-3(5)6/h5-9,11H,1-4H2,(H,10,13);3-6,8H,1-2H2;1-2H2,(H2,5,6)/t6-,7+,8-,9-;3-,4+,5-,6-;/m11./s1. The second-order valence-corrected chi connectivity index (χ2v) is 8.82. The van der Waals surface area contributed by atoms with Crippen LogP contribution in [0.3, 0.4) is 0 Å². The average molecular weight is 604 g/mol. The normalized spacial score (nSPS) is 33.0. The molecule has 0 unspecified atom stereocenters. The minimum atomic E-state index is -0.871. The van der Waals surface area contributed by atoms with E-state index in [1.807, 2.05) is 0 Å². The van der Waals surface area contributed by atoms with E-state index in [0.717, 1.165) is 0 Å². The van der Waals surface area contributed by atoms with Gasteiger partial charge in [0, 0.05) is 24.8 Å². The van der Waals surface area contributed by atoms with Gasteiger partial charge in [0.05, 0.1) is 32.5 Å². The Morgan fingerprint density at radius 1 is 0.973 bits per heavy atom. The zero-order valence-corrected chi connectivity index (χ0v) is 21.1. The molecular formula is C18H30BrN5O13. The first-order valence-corrected chi connectivity index (χ1v) is 12.3. The van der Waals surface area contributed by atoms with Crippen LogP contribution in [0.1, 0.15) is 6.42 Å². The van der Waals surface area contributed by atoms with Crippen LogP contribution in [0.4, 0.5) is 0 Å². The Kier molecular flexibility index (Phi) is 13.1. The lowest BCUT2D eigenvalue weighted by atomic mass is 10.1. The molecule has 37 heavy (non-hydrogen) atoms. The SMILES string of the molecule is NC(=O)CCBr.O=CNCCN[C@@H]1CO[C@H]2[C@@H]1OC[C@@H]2O[N+](=O)[O-].O=[N+]([O-])O[C@H]1CO[C@H]2[C@@H]1OC[C@H]2O. The Labute approximate surface area is 218 Å². The molecule has 4 rings (SSSR count). The van der Waals surface area contributed by atoms with Crippen LogP contribution < -0.4 is 16.4 Å². The quantitative estimate of drug-likeness (QED) is 0.0605. The number of amides is 2. The van der Waals surface area contributed by atoms with Gasteiger partial charge in [-0.1, -0.05) is 15.9 Å². The number of carbonyl (C=O) groups excluding carboxylic acids is 2. The van der Waals surface area contributed by atoms with E-state index in [0.29, 0.717) is 37.9 Å². The second kappa shape index (κ2) is 15.7. The maximum Gasteiger partial charge on any atom is 0.294 e. The van der Waals surface area contributed by atoms with Crippen molar-refractivity contribution in [1.82, 2.24) is 10.6 Å². The first-order chi connectivity index (χ1) is 17.7. The highest BCUT2D eigenvalue weighted by molar-refractivity contribution is 9.09. The Balaban J connectivity index is 0.000000221. The summed E-state index contributed by atoms with van der Waals surface area (Å²) in [6.45, 7) is 1.89. The van der Waals surface area contributed by atoms with E-state index in [-0.39, 0.29) is 37.9 Å². The smallest absolute Gasteiger partial charge is 0.294 e. The highest BCUT2D eigenvalue weighted by Gasteiger charge is 2.50. The van der Waals surface area contributed by atoms with Gasteiger partial charge in [0.15, 0.2) is 12.2 Å². The zero-order valence-electron chi connectivity index (χ0n) is 19.5. The van der Waals surface area contributed by atoms with Crippen molar-refractivity contribution in [2.24, 2.45) is 5.73 Å². The predicted molar refractivity (Wildman–Crippen MR) is 122 cm³/mol. The molecule has 18 nitrogen and oxygen atoms in total. The molecule has 0 spiro atoms. The molecule has 4 aliphatic rings. The van der Waals surface area contributed by atoms with Crippen LogP contribution in [0.5, 0.6) is 0 Å². The minimum absolute atomic E-state index is 0.0381. The van der Waals surface area contributed by atoms with Gasteiger partial charge in [0.2, 0.25) is 12.3 Å². The fourth-order valence-electron chi connectivity index (χ4n) is 3.97. The van der Waals surface area contributed by atoms with E-state index in [9.17, 15) is 34.9 Å². The van der Waals surface area contributed by atoms with Gasteiger partial charge in [-0.05, 0) is 0 Å². The summed E-state index contributed by atoms with van der Waals surface area (Å²) in [5.41, 5.74) is 4.73. The Morgan fingerprint density at radius 3 is 2.03 bits per heavy atom. The summed E-state index contributed by atoms with van der Waals surface area (Å²) in [4.78, 5) is 49.0. The van der Waals surface area contributed by atoms with E-state index in [4.69, 9.17) is 24.7 Å². The molecule has 0 aromatic carbocycles. The molecule has 0 aromatic rings. The Bertz CT molecular complexity index is 768. The second-order valence-electron chi connectivity index (χ2n) is 8.03. The van der Waals surface area contributed by atoms with Crippen LogP contribution in [0.25, 0.3) is 0 Å². The molecule has 2 amide bonds. The Hall–Kier alpha value is -2.42. The third kappa shape index (κ3) is 9.76. The summed E-state index contributed by atoms with van der Waals surface area (Å²) in [5, 5.41) is 34.3. The number of rotatable bonds is 11. The number of alkyl halides is 1. The lowest BCUT2D eigenvalue weighted by Gasteiger charge is -2.17. The fraction of sp³-hybridized carbons (Fsp3) is 0.889. The summed E-state index contributed by atoms with van der Waals surface area (Å²) in [7, 11) is 0. The van der Waals surface area contributed by atoms with Gasteiger partial charge in [0.25, 0.3) is 10.2 Å². The number of aliphatic hydroxyl groups is 1. The van der Waals surface area contributed by atoms with Crippen LogP contribution in [-0.4, -0.2) is 121 Å². The molecule has 0 radical (unpaired) electrons. The van der Waals surface area contributed by atoms with Crippen LogP contribution in [0.2, 0.25) is 0 Å². The zero-order chi connectivity index (χ0) is 27.4. The summed E-state index contributed by atoms with van der Waals surface area (Å²) >= 11 is 3.05. The van der Waals surface area contributed by atoms with Gasteiger partial charge < -0.3 is 50.1 Å². The topological polar surface area (TPSA) is 246 Å². The molecule has 4 fully saturated rings. The van der Waals surface area contributed by atoms with Crippen molar-refractivity contribution in [2.45, 2.75) is 55.2 Å². The molecule has 0 aliphatic carbocycles. The third-order valence-corrected chi connectivity index (χ3v) is 5.93. The van der Waals surface area contributed by atoms with Crippen molar-refractivity contribution in [2.75, 3.05) is 44.8 Å². The van der Waals surface area contributed by atoms with Crippen molar-refractivity contribution in [3.63, 3.8) is 0 Å². The number of aliphatic hydroxyl groups excluding tert-OH is 1. The maximum absolute atomic E-state index is 10.3. The number of hydrogen-bond acceptors (Lipinski definition) is 14. The molecule has 4 heterocycles. The molecule has 19 heteroatoms. The van der Waals surface area contributed by atoms with Gasteiger partial charge in [-0.3, -0.25) is 9.59 Å². The number of fused-ring (bicyclic) bond motifs is 2.